The summed E-state index contributed by atoms with van der Waals surface area (Å²) in [6.07, 6.45) is 6.08. The highest BCUT2D eigenvalue weighted by molar-refractivity contribution is 8.01. The molecule has 12 heteroatoms. The molecule has 2 N–H and O–H groups in total. The summed E-state index contributed by atoms with van der Waals surface area (Å²) in [6.45, 7) is 3.21. The van der Waals surface area contributed by atoms with Gasteiger partial charge >= 0.3 is 0 Å². The van der Waals surface area contributed by atoms with Crippen molar-refractivity contribution >= 4 is 55.8 Å². The lowest BCUT2D eigenvalue weighted by Crippen LogP contribution is -2.35. The van der Waals surface area contributed by atoms with Crippen LogP contribution in [0.3, 0.4) is 0 Å². The standard InChI is InChI=1S/C26H31N5O4S3/c1-2-3-7-19-8-12-21(13-9-19)27-23(32)18-36-26-30-29-25(37-26)28-24(33)20-10-14-22(15-11-20)38(34,35)31-16-5-4-6-17-31/h8-15H,2-7,16-18H2,1H3,(H,27,32)(H,28,29,33). The Labute approximate surface area is 231 Å². The third-order valence-corrected chi connectivity index (χ3v) is 9.96. The van der Waals surface area contributed by atoms with Crippen LogP contribution in [-0.4, -0.2) is 53.6 Å². The maximum absolute atomic E-state index is 12.8. The van der Waals surface area contributed by atoms with Gasteiger partial charge in [0, 0.05) is 24.3 Å². The lowest BCUT2D eigenvalue weighted by atomic mass is 10.1. The Hall–Kier alpha value is -2.80. The van der Waals surface area contributed by atoms with Crippen molar-refractivity contribution in [2.45, 2.75) is 54.7 Å². The molecule has 2 heterocycles. The van der Waals surface area contributed by atoms with E-state index in [1.54, 1.807) is 0 Å². The van der Waals surface area contributed by atoms with Crippen LogP contribution in [0.25, 0.3) is 0 Å². The van der Waals surface area contributed by atoms with Crippen molar-refractivity contribution in [2.75, 3.05) is 29.5 Å². The van der Waals surface area contributed by atoms with Crippen LogP contribution in [0.1, 0.15) is 54.9 Å². The van der Waals surface area contributed by atoms with Gasteiger partial charge in [-0.05, 0) is 67.6 Å². The number of carbonyl (C=O) groups excluding carboxylic acids is 2. The van der Waals surface area contributed by atoms with Crippen LogP contribution in [0, 0.1) is 0 Å². The lowest BCUT2D eigenvalue weighted by Gasteiger charge is -2.25. The molecule has 0 unspecified atom stereocenters. The molecule has 0 radical (unpaired) electrons. The van der Waals surface area contributed by atoms with Gasteiger partial charge in [-0.15, -0.1) is 10.2 Å². The molecule has 1 aliphatic heterocycles. The molecule has 0 bridgehead atoms. The first kappa shape index (κ1) is 28.2. The highest BCUT2D eigenvalue weighted by Gasteiger charge is 2.26. The van der Waals surface area contributed by atoms with Crippen molar-refractivity contribution in [3.63, 3.8) is 0 Å². The second-order valence-corrected chi connectivity index (χ2v) is 13.1. The van der Waals surface area contributed by atoms with Crippen molar-refractivity contribution in [3.8, 4) is 0 Å². The molecular formula is C26H31N5O4S3. The number of hydrogen-bond acceptors (Lipinski definition) is 8. The summed E-state index contributed by atoms with van der Waals surface area (Å²) in [5, 5.41) is 13.9. The predicted molar refractivity (Wildman–Crippen MR) is 151 cm³/mol. The van der Waals surface area contributed by atoms with Gasteiger partial charge in [0.1, 0.15) is 0 Å². The first-order valence-corrected chi connectivity index (χ1v) is 15.9. The van der Waals surface area contributed by atoms with Gasteiger partial charge in [-0.1, -0.05) is 55.0 Å². The summed E-state index contributed by atoms with van der Waals surface area (Å²) in [5.74, 6) is -0.413. The van der Waals surface area contributed by atoms with E-state index in [0.717, 1.165) is 44.2 Å². The lowest BCUT2D eigenvalue weighted by molar-refractivity contribution is -0.113. The molecule has 0 atom stereocenters. The number of aryl methyl sites for hydroxylation is 1. The monoisotopic (exact) mass is 573 g/mol. The zero-order valence-electron chi connectivity index (χ0n) is 21.2. The average molecular weight is 574 g/mol. The maximum atomic E-state index is 12.8. The van der Waals surface area contributed by atoms with Gasteiger partial charge in [-0.2, -0.15) is 4.31 Å². The fraction of sp³-hybridized carbons (Fsp3) is 0.385. The summed E-state index contributed by atoms with van der Waals surface area (Å²) in [4.78, 5) is 25.1. The van der Waals surface area contributed by atoms with E-state index >= 15 is 0 Å². The molecule has 38 heavy (non-hydrogen) atoms. The molecule has 9 nitrogen and oxygen atoms in total. The van der Waals surface area contributed by atoms with Crippen molar-refractivity contribution in [3.05, 3.63) is 59.7 Å². The van der Waals surface area contributed by atoms with Crippen molar-refractivity contribution in [2.24, 2.45) is 0 Å². The molecule has 1 aliphatic rings. The van der Waals surface area contributed by atoms with E-state index in [1.807, 2.05) is 24.3 Å². The molecule has 0 spiro atoms. The number of rotatable bonds is 11. The predicted octanol–water partition coefficient (Wildman–Crippen LogP) is 5.04. The van der Waals surface area contributed by atoms with Crippen molar-refractivity contribution < 1.29 is 18.0 Å². The van der Waals surface area contributed by atoms with Crippen molar-refractivity contribution in [1.82, 2.24) is 14.5 Å². The van der Waals surface area contributed by atoms with Crippen LogP contribution >= 0.6 is 23.1 Å². The second-order valence-electron chi connectivity index (χ2n) is 8.95. The van der Waals surface area contributed by atoms with E-state index in [-0.39, 0.29) is 16.6 Å². The highest BCUT2D eigenvalue weighted by Crippen LogP contribution is 2.26. The summed E-state index contributed by atoms with van der Waals surface area (Å²) in [6, 6.07) is 13.8. The van der Waals surface area contributed by atoms with Crippen LogP contribution in [0.5, 0.6) is 0 Å². The topological polar surface area (TPSA) is 121 Å². The Morgan fingerprint density at radius 1 is 0.974 bits per heavy atom. The number of aromatic nitrogens is 2. The molecule has 0 saturated carbocycles. The Morgan fingerprint density at radius 3 is 2.37 bits per heavy atom. The van der Waals surface area contributed by atoms with Gasteiger partial charge in [0.2, 0.25) is 21.1 Å². The van der Waals surface area contributed by atoms with Gasteiger partial charge in [0.25, 0.3) is 5.91 Å². The molecule has 4 rings (SSSR count). The van der Waals surface area contributed by atoms with Crippen LogP contribution in [0.4, 0.5) is 10.8 Å². The number of nitrogens with zero attached hydrogens (tertiary/aromatic N) is 3. The van der Waals surface area contributed by atoms with Crippen LogP contribution in [-0.2, 0) is 21.2 Å². The molecular weight excluding hydrogens is 543 g/mol. The summed E-state index contributed by atoms with van der Waals surface area (Å²) < 4.78 is 27.6. The fourth-order valence-electron chi connectivity index (χ4n) is 3.98. The van der Waals surface area contributed by atoms with Gasteiger partial charge in [0.15, 0.2) is 4.34 Å². The number of unbranched alkanes of at least 4 members (excludes halogenated alkanes) is 1. The van der Waals surface area contributed by atoms with E-state index in [2.05, 4.69) is 27.8 Å². The number of nitrogens with one attached hydrogen (secondary N) is 2. The van der Waals surface area contributed by atoms with E-state index in [0.29, 0.717) is 28.1 Å². The van der Waals surface area contributed by atoms with E-state index < -0.39 is 15.9 Å². The minimum atomic E-state index is -3.55. The number of amides is 2. The Balaban J connectivity index is 1.26. The number of carbonyl (C=O) groups is 2. The number of thioether (sulfide) groups is 1. The first-order chi connectivity index (χ1) is 18.3. The summed E-state index contributed by atoms with van der Waals surface area (Å²) in [5.41, 5.74) is 2.31. The van der Waals surface area contributed by atoms with Crippen LogP contribution in [0.15, 0.2) is 57.8 Å². The molecule has 2 aromatic carbocycles. The molecule has 2 amide bonds. The zero-order chi connectivity index (χ0) is 27.0. The first-order valence-electron chi connectivity index (χ1n) is 12.6. The number of piperidine rings is 1. The normalized spacial score (nSPS) is 14.2. The second kappa shape index (κ2) is 13.3. The minimum absolute atomic E-state index is 0.156. The summed E-state index contributed by atoms with van der Waals surface area (Å²) in [7, 11) is -3.55. The third-order valence-electron chi connectivity index (χ3n) is 6.08. The zero-order valence-corrected chi connectivity index (χ0v) is 23.6. The summed E-state index contributed by atoms with van der Waals surface area (Å²) >= 11 is 2.40. The Morgan fingerprint density at radius 2 is 1.68 bits per heavy atom. The molecule has 1 aromatic heterocycles. The van der Waals surface area contributed by atoms with Gasteiger partial charge in [-0.25, -0.2) is 8.42 Å². The molecule has 1 fully saturated rings. The largest absolute Gasteiger partial charge is 0.325 e. The third kappa shape index (κ3) is 7.62. The van der Waals surface area contributed by atoms with Crippen molar-refractivity contribution in [1.29, 1.82) is 0 Å². The SMILES string of the molecule is CCCCc1ccc(NC(=O)CSc2nnc(NC(=O)c3ccc(S(=O)(=O)N4CCCCC4)cc3)s2)cc1. The number of hydrogen-bond donors (Lipinski definition) is 2. The van der Waals surface area contributed by atoms with E-state index in [9.17, 15) is 18.0 Å². The smallest absolute Gasteiger partial charge is 0.257 e. The van der Waals surface area contributed by atoms with Crippen LogP contribution in [0.2, 0.25) is 0 Å². The molecule has 0 aliphatic carbocycles. The minimum Gasteiger partial charge on any atom is -0.325 e. The molecule has 202 valence electrons. The Bertz CT molecular complexity index is 1340. The van der Waals surface area contributed by atoms with E-state index in [1.165, 1.54) is 57.2 Å². The van der Waals surface area contributed by atoms with Gasteiger partial charge < -0.3 is 5.32 Å². The molecule has 1 saturated heterocycles. The highest BCUT2D eigenvalue weighted by atomic mass is 32.2. The molecule has 3 aromatic rings. The van der Waals surface area contributed by atoms with Crippen LogP contribution < -0.4 is 10.6 Å². The average Bonchev–Trinajstić information content (AvgIpc) is 3.39. The van der Waals surface area contributed by atoms with E-state index in [4.69, 9.17) is 0 Å². The number of anilines is 2. The fourth-order valence-corrected chi connectivity index (χ4v) is 7.04. The Kier molecular flexibility index (Phi) is 9.89. The quantitative estimate of drug-likeness (QED) is 0.244. The maximum Gasteiger partial charge on any atom is 0.257 e. The van der Waals surface area contributed by atoms with Gasteiger partial charge in [-0.3, -0.25) is 14.9 Å². The van der Waals surface area contributed by atoms with Gasteiger partial charge in [0.05, 0.1) is 10.6 Å². The number of sulfonamides is 1. The number of benzene rings is 2.